The van der Waals surface area contributed by atoms with Crippen molar-refractivity contribution in [1.29, 1.82) is 0 Å². The second kappa shape index (κ2) is 10.3. The number of ether oxygens (including phenoxy) is 1. The standard InChI is InChI=1S/C27H42N2O3/c1-7-8-9-13-16-28-23-18-22(20(4)17-24(23)32-27(5,6)26(28)31)25(30)29(19(2)3)21-14-11-10-12-15-21/h17-19,21H,7-16H2,1-6H3. The lowest BCUT2D eigenvalue weighted by molar-refractivity contribution is -0.132. The highest BCUT2D eigenvalue weighted by Crippen LogP contribution is 2.40. The van der Waals surface area contributed by atoms with E-state index in [0.717, 1.165) is 49.8 Å². The smallest absolute Gasteiger partial charge is 0.270 e. The van der Waals surface area contributed by atoms with Crippen LogP contribution in [0.4, 0.5) is 5.69 Å². The van der Waals surface area contributed by atoms with Gasteiger partial charge in [-0.15, -0.1) is 0 Å². The minimum absolute atomic E-state index is 0.0308. The quantitative estimate of drug-likeness (QED) is 0.446. The van der Waals surface area contributed by atoms with Gasteiger partial charge in [0, 0.05) is 24.2 Å². The van der Waals surface area contributed by atoms with Gasteiger partial charge in [0.1, 0.15) is 5.75 Å². The van der Waals surface area contributed by atoms with Crippen LogP contribution in [-0.2, 0) is 4.79 Å². The maximum absolute atomic E-state index is 13.8. The molecule has 2 amide bonds. The summed E-state index contributed by atoms with van der Waals surface area (Å²) in [5.74, 6) is 0.750. The van der Waals surface area contributed by atoms with Gasteiger partial charge in [0.05, 0.1) is 5.69 Å². The van der Waals surface area contributed by atoms with Crippen LogP contribution in [0.1, 0.15) is 108 Å². The molecule has 1 saturated carbocycles. The Morgan fingerprint density at radius 2 is 1.84 bits per heavy atom. The number of hydrogen-bond donors (Lipinski definition) is 0. The fourth-order valence-electron chi connectivity index (χ4n) is 5.19. The van der Waals surface area contributed by atoms with Crippen LogP contribution in [0.5, 0.6) is 5.75 Å². The number of unbranched alkanes of at least 4 members (excludes halogenated alkanes) is 3. The minimum atomic E-state index is -0.901. The van der Waals surface area contributed by atoms with Crippen LogP contribution in [0.15, 0.2) is 12.1 Å². The first-order valence-electron chi connectivity index (χ1n) is 12.7. The Kier molecular flexibility index (Phi) is 7.89. The number of rotatable bonds is 8. The molecule has 0 radical (unpaired) electrons. The second-order valence-electron chi connectivity index (χ2n) is 10.4. The minimum Gasteiger partial charge on any atom is -0.476 e. The molecule has 5 heteroatoms. The Morgan fingerprint density at radius 3 is 2.47 bits per heavy atom. The number of carbonyl (C=O) groups is 2. The van der Waals surface area contributed by atoms with Crippen LogP contribution < -0.4 is 9.64 Å². The molecule has 0 aromatic heterocycles. The van der Waals surface area contributed by atoms with Crippen LogP contribution >= 0.6 is 0 Å². The van der Waals surface area contributed by atoms with Crippen molar-refractivity contribution in [3.63, 3.8) is 0 Å². The van der Waals surface area contributed by atoms with E-state index in [9.17, 15) is 9.59 Å². The SMILES string of the molecule is CCCCCCN1C(=O)C(C)(C)Oc2cc(C)c(C(=O)N(C(C)C)C3CCCCC3)cc21. The Labute approximate surface area is 194 Å². The summed E-state index contributed by atoms with van der Waals surface area (Å²) in [4.78, 5) is 31.0. The topological polar surface area (TPSA) is 49.9 Å². The lowest BCUT2D eigenvalue weighted by atomic mass is 9.92. The largest absolute Gasteiger partial charge is 0.476 e. The molecule has 1 aliphatic heterocycles. The van der Waals surface area contributed by atoms with Gasteiger partial charge in [0.15, 0.2) is 5.60 Å². The summed E-state index contributed by atoms with van der Waals surface area (Å²) < 4.78 is 6.11. The molecule has 178 valence electrons. The molecule has 1 aromatic carbocycles. The number of carbonyl (C=O) groups excluding carboxylic acids is 2. The first kappa shape index (κ1) is 24.6. The van der Waals surface area contributed by atoms with E-state index in [4.69, 9.17) is 4.74 Å². The third-order valence-corrected chi connectivity index (χ3v) is 6.95. The van der Waals surface area contributed by atoms with Crippen LogP contribution in [0.3, 0.4) is 0 Å². The molecule has 5 nitrogen and oxygen atoms in total. The van der Waals surface area contributed by atoms with Crippen molar-refractivity contribution in [2.75, 3.05) is 11.4 Å². The van der Waals surface area contributed by atoms with Gasteiger partial charge in [-0.05, 0) is 71.6 Å². The summed E-state index contributed by atoms with van der Waals surface area (Å²) >= 11 is 0. The number of aryl methyl sites for hydroxylation is 1. The summed E-state index contributed by atoms with van der Waals surface area (Å²) in [6.45, 7) is 12.7. The number of anilines is 1. The van der Waals surface area contributed by atoms with Crippen LogP contribution in [-0.4, -0.2) is 40.9 Å². The zero-order valence-electron chi connectivity index (χ0n) is 21.0. The molecular weight excluding hydrogens is 400 g/mol. The highest BCUT2D eigenvalue weighted by molar-refractivity contribution is 6.05. The average Bonchev–Trinajstić information content (AvgIpc) is 2.73. The summed E-state index contributed by atoms with van der Waals surface area (Å²) in [6, 6.07) is 4.31. The molecule has 0 atom stereocenters. The van der Waals surface area contributed by atoms with Crippen molar-refractivity contribution in [2.24, 2.45) is 0 Å². The van der Waals surface area contributed by atoms with E-state index >= 15 is 0 Å². The van der Waals surface area contributed by atoms with E-state index in [1.165, 1.54) is 19.3 Å². The molecule has 2 aliphatic rings. The van der Waals surface area contributed by atoms with Crippen LogP contribution in [0.25, 0.3) is 0 Å². The Bertz CT molecular complexity index is 824. The fourth-order valence-corrected chi connectivity index (χ4v) is 5.19. The van der Waals surface area contributed by atoms with E-state index in [2.05, 4.69) is 25.7 Å². The second-order valence-corrected chi connectivity index (χ2v) is 10.4. The normalized spacial score (nSPS) is 18.5. The van der Waals surface area contributed by atoms with Gasteiger partial charge in [-0.3, -0.25) is 9.59 Å². The zero-order chi connectivity index (χ0) is 23.5. The molecule has 32 heavy (non-hydrogen) atoms. The van der Waals surface area contributed by atoms with Crippen molar-refractivity contribution in [3.8, 4) is 5.75 Å². The summed E-state index contributed by atoms with van der Waals surface area (Å²) in [5.41, 5.74) is 1.44. The fraction of sp³-hybridized carbons (Fsp3) is 0.704. The van der Waals surface area contributed by atoms with Gasteiger partial charge >= 0.3 is 0 Å². The zero-order valence-corrected chi connectivity index (χ0v) is 21.0. The van der Waals surface area contributed by atoms with Gasteiger partial charge in [-0.2, -0.15) is 0 Å². The third-order valence-electron chi connectivity index (χ3n) is 6.95. The Morgan fingerprint density at radius 1 is 1.16 bits per heavy atom. The van der Waals surface area contributed by atoms with Crippen LogP contribution in [0, 0.1) is 6.92 Å². The van der Waals surface area contributed by atoms with Crippen LogP contribution in [0.2, 0.25) is 0 Å². The Balaban J connectivity index is 1.96. The first-order chi connectivity index (χ1) is 15.2. The predicted octanol–water partition coefficient (Wildman–Crippen LogP) is 6.26. The molecule has 1 aliphatic carbocycles. The molecule has 0 bridgehead atoms. The van der Waals surface area contributed by atoms with Gasteiger partial charge < -0.3 is 14.5 Å². The molecular formula is C27H42N2O3. The summed E-state index contributed by atoms with van der Waals surface area (Å²) in [5, 5.41) is 0. The highest BCUT2D eigenvalue weighted by atomic mass is 16.5. The number of hydrogen-bond acceptors (Lipinski definition) is 3. The number of nitrogens with zero attached hydrogens (tertiary/aromatic N) is 2. The molecule has 1 fully saturated rings. The van der Waals surface area contributed by atoms with Crippen molar-refractivity contribution >= 4 is 17.5 Å². The maximum Gasteiger partial charge on any atom is 0.270 e. The van der Waals surface area contributed by atoms with Crippen molar-refractivity contribution in [1.82, 2.24) is 4.90 Å². The number of benzene rings is 1. The van der Waals surface area contributed by atoms with Gasteiger partial charge in [0.25, 0.3) is 11.8 Å². The summed E-state index contributed by atoms with van der Waals surface area (Å²) in [7, 11) is 0. The monoisotopic (exact) mass is 442 g/mol. The summed E-state index contributed by atoms with van der Waals surface area (Å²) in [6.07, 6.45) is 10.2. The van der Waals surface area contributed by atoms with E-state index in [0.29, 0.717) is 23.9 Å². The van der Waals surface area contributed by atoms with Crippen molar-refractivity contribution in [3.05, 3.63) is 23.3 Å². The van der Waals surface area contributed by atoms with Gasteiger partial charge in [-0.1, -0.05) is 45.4 Å². The molecule has 0 saturated heterocycles. The van der Waals surface area contributed by atoms with Crippen molar-refractivity contribution in [2.45, 2.75) is 117 Å². The van der Waals surface area contributed by atoms with E-state index < -0.39 is 5.60 Å². The number of amides is 2. The Hall–Kier alpha value is -2.04. The lowest BCUT2D eigenvalue weighted by Gasteiger charge is -2.40. The maximum atomic E-state index is 13.8. The molecule has 3 rings (SSSR count). The van der Waals surface area contributed by atoms with Gasteiger partial charge in [-0.25, -0.2) is 0 Å². The van der Waals surface area contributed by atoms with E-state index in [1.807, 2.05) is 37.8 Å². The van der Waals surface area contributed by atoms with E-state index in [-0.39, 0.29) is 17.9 Å². The predicted molar refractivity (Wildman–Crippen MR) is 131 cm³/mol. The highest BCUT2D eigenvalue weighted by Gasteiger charge is 2.41. The molecule has 0 spiro atoms. The lowest BCUT2D eigenvalue weighted by Crippen LogP contribution is -2.53. The van der Waals surface area contributed by atoms with Crippen molar-refractivity contribution < 1.29 is 14.3 Å². The van der Waals surface area contributed by atoms with E-state index in [1.54, 1.807) is 0 Å². The molecule has 0 N–H and O–H groups in total. The average molecular weight is 443 g/mol. The molecule has 0 unspecified atom stereocenters. The van der Waals surface area contributed by atoms with Gasteiger partial charge in [0.2, 0.25) is 0 Å². The third kappa shape index (κ3) is 5.13. The first-order valence-corrected chi connectivity index (χ1v) is 12.7. The molecule has 1 heterocycles. The molecule has 1 aromatic rings. The number of fused-ring (bicyclic) bond motifs is 1.